The SMILES string of the molecule is CC1(C)CCCC(C)(c2cccc(CCC(=O)O)c2)c2cnc([nH]2)-c2cc(ccc2F)Oc2c(F)cc3[nH]ccc3c2CNC(=O)OC1. The Morgan fingerprint density at radius 3 is 2.69 bits per heavy atom. The minimum Gasteiger partial charge on any atom is -0.481 e. The van der Waals surface area contributed by atoms with Crippen molar-refractivity contribution in [1.82, 2.24) is 20.3 Å². The van der Waals surface area contributed by atoms with Crippen LogP contribution in [-0.4, -0.2) is 38.7 Å². The number of cyclic esters (lactones) is 1. The molecule has 1 atom stereocenters. The Kier molecular flexibility index (Phi) is 8.96. The lowest BCUT2D eigenvalue weighted by atomic mass is 9.73. The van der Waals surface area contributed by atoms with Gasteiger partial charge >= 0.3 is 12.1 Å². The van der Waals surface area contributed by atoms with E-state index in [1.54, 1.807) is 18.5 Å². The predicted molar refractivity (Wildman–Crippen MR) is 177 cm³/mol. The number of hydrogen-bond acceptors (Lipinski definition) is 5. The van der Waals surface area contributed by atoms with Crippen molar-refractivity contribution >= 4 is 23.0 Å². The highest BCUT2D eigenvalue weighted by Crippen LogP contribution is 2.40. The summed E-state index contributed by atoms with van der Waals surface area (Å²) in [6, 6.07) is 15.0. The van der Waals surface area contributed by atoms with Crippen molar-refractivity contribution in [3.8, 4) is 22.9 Å². The van der Waals surface area contributed by atoms with Gasteiger partial charge in [-0.05, 0) is 67.0 Å². The summed E-state index contributed by atoms with van der Waals surface area (Å²) in [5.74, 6) is -1.72. The Balaban J connectivity index is 1.44. The molecule has 6 rings (SSSR count). The largest absolute Gasteiger partial charge is 0.481 e. The van der Waals surface area contributed by atoms with Crippen molar-refractivity contribution in [2.24, 2.45) is 5.41 Å². The molecule has 250 valence electrons. The highest BCUT2D eigenvalue weighted by molar-refractivity contribution is 5.86. The van der Waals surface area contributed by atoms with Gasteiger partial charge in [-0.25, -0.2) is 18.6 Å². The number of hydrogen-bond donors (Lipinski definition) is 4. The normalized spacial score (nSPS) is 18.4. The van der Waals surface area contributed by atoms with Gasteiger partial charge < -0.3 is 29.9 Å². The molecule has 3 aromatic carbocycles. The number of carboxylic acid groups (broad SMARTS) is 1. The van der Waals surface area contributed by atoms with Crippen LogP contribution < -0.4 is 10.1 Å². The molecule has 0 saturated heterocycles. The average molecular weight is 657 g/mol. The Labute approximate surface area is 276 Å². The quantitative estimate of drug-likeness (QED) is 0.154. The van der Waals surface area contributed by atoms with Crippen molar-refractivity contribution in [1.29, 1.82) is 0 Å². The topological polar surface area (TPSA) is 129 Å². The molecular formula is C37H38F2N4O5. The maximum atomic E-state index is 15.5. The fourth-order valence-electron chi connectivity index (χ4n) is 6.34. The molecule has 4 N–H and O–H groups in total. The minimum atomic E-state index is -0.868. The zero-order valence-electron chi connectivity index (χ0n) is 27.1. The number of rotatable bonds is 4. The van der Waals surface area contributed by atoms with E-state index in [2.05, 4.69) is 27.2 Å². The van der Waals surface area contributed by atoms with E-state index in [-0.39, 0.29) is 47.9 Å². The number of alkyl carbamates (subject to hydrolysis) is 1. The number of fused-ring (bicyclic) bond motifs is 8. The number of imidazole rings is 1. The first-order valence-corrected chi connectivity index (χ1v) is 16.0. The van der Waals surface area contributed by atoms with Gasteiger partial charge in [0, 0.05) is 52.5 Å². The number of benzene rings is 3. The molecule has 1 amide bonds. The molecule has 0 radical (unpaired) electrons. The summed E-state index contributed by atoms with van der Waals surface area (Å²) in [5.41, 5.74) is 2.68. The molecule has 0 fully saturated rings. The number of aryl methyl sites for hydroxylation is 1. The van der Waals surface area contributed by atoms with Crippen molar-refractivity contribution in [3.05, 3.63) is 101 Å². The number of carbonyl (C=O) groups is 2. The zero-order valence-corrected chi connectivity index (χ0v) is 27.1. The number of aliphatic carboxylic acids is 1. The number of ether oxygens (including phenoxy) is 2. The number of H-pyrrole nitrogens is 2. The van der Waals surface area contributed by atoms with E-state index in [1.807, 2.05) is 38.1 Å². The summed E-state index contributed by atoms with van der Waals surface area (Å²) >= 11 is 0. The third-order valence-electron chi connectivity index (χ3n) is 9.17. The van der Waals surface area contributed by atoms with Crippen LogP contribution in [0.2, 0.25) is 0 Å². The van der Waals surface area contributed by atoms with Gasteiger partial charge in [0.05, 0.1) is 18.7 Å². The summed E-state index contributed by atoms with van der Waals surface area (Å²) < 4.78 is 42.6. The van der Waals surface area contributed by atoms with Crippen LogP contribution in [0, 0.1) is 17.0 Å². The summed E-state index contributed by atoms with van der Waals surface area (Å²) in [4.78, 5) is 35.1. The molecule has 0 aliphatic carbocycles. The number of carbonyl (C=O) groups excluding carboxylic acids is 1. The van der Waals surface area contributed by atoms with Gasteiger partial charge in [0.25, 0.3) is 0 Å². The fourth-order valence-corrected chi connectivity index (χ4v) is 6.34. The van der Waals surface area contributed by atoms with Gasteiger partial charge in [-0.2, -0.15) is 0 Å². The lowest BCUT2D eigenvalue weighted by Crippen LogP contribution is -2.30. The van der Waals surface area contributed by atoms with Gasteiger partial charge in [-0.3, -0.25) is 4.79 Å². The van der Waals surface area contributed by atoms with E-state index >= 15 is 8.78 Å². The molecule has 0 saturated carbocycles. The van der Waals surface area contributed by atoms with Gasteiger partial charge in [0.1, 0.15) is 17.4 Å². The summed E-state index contributed by atoms with van der Waals surface area (Å²) in [6.45, 7) is 6.22. The van der Waals surface area contributed by atoms with E-state index in [4.69, 9.17) is 9.47 Å². The third kappa shape index (κ3) is 6.90. The van der Waals surface area contributed by atoms with Gasteiger partial charge in [0.2, 0.25) is 0 Å². The van der Waals surface area contributed by atoms with Gasteiger partial charge in [-0.15, -0.1) is 0 Å². The van der Waals surface area contributed by atoms with E-state index in [1.165, 1.54) is 24.3 Å². The number of aromatic nitrogens is 3. The maximum absolute atomic E-state index is 15.5. The van der Waals surface area contributed by atoms with Crippen LogP contribution in [0.3, 0.4) is 0 Å². The number of carboxylic acids is 1. The smallest absolute Gasteiger partial charge is 0.407 e. The molecule has 48 heavy (non-hydrogen) atoms. The first-order valence-electron chi connectivity index (χ1n) is 16.0. The Morgan fingerprint density at radius 1 is 1.04 bits per heavy atom. The Morgan fingerprint density at radius 2 is 1.88 bits per heavy atom. The molecule has 2 aromatic heterocycles. The lowest BCUT2D eigenvalue weighted by molar-refractivity contribution is -0.136. The molecule has 5 aromatic rings. The van der Waals surface area contributed by atoms with Gasteiger partial charge in [0.15, 0.2) is 11.6 Å². The maximum Gasteiger partial charge on any atom is 0.407 e. The Bertz CT molecular complexity index is 1980. The van der Waals surface area contributed by atoms with E-state index in [0.29, 0.717) is 29.3 Å². The first kappa shape index (κ1) is 32.7. The number of amides is 1. The molecule has 3 heterocycles. The van der Waals surface area contributed by atoms with Crippen LogP contribution in [0.1, 0.15) is 68.8 Å². The second kappa shape index (κ2) is 13.1. The lowest BCUT2D eigenvalue weighted by Gasteiger charge is -2.32. The highest BCUT2D eigenvalue weighted by atomic mass is 19.1. The molecule has 9 nitrogen and oxygen atoms in total. The number of halogens is 2. The molecule has 1 aliphatic rings. The fraction of sp³-hybridized carbons (Fsp3) is 0.324. The van der Waals surface area contributed by atoms with Crippen molar-refractivity contribution < 1.29 is 33.0 Å². The second-order valence-corrected chi connectivity index (χ2v) is 13.4. The summed E-state index contributed by atoms with van der Waals surface area (Å²) in [5, 5.41) is 12.6. The number of aromatic amines is 2. The number of nitrogens with one attached hydrogen (secondary N) is 3. The molecule has 1 aliphatic heterocycles. The van der Waals surface area contributed by atoms with Crippen LogP contribution in [0.4, 0.5) is 13.6 Å². The molecule has 0 spiro atoms. The van der Waals surface area contributed by atoms with Crippen LogP contribution in [0.5, 0.6) is 11.5 Å². The van der Waals surface area contributed by atoms with Crippen molar-refractivity contribution in [3.63, 3.8) is 0 Å². The third-order valence-corrected chi connectivity index (χ3v) is 9.17. The van der Waals surface area contributed by atoms with E-state index < -0.39 is 29.1 Å². The zero-order chi connectivity index (χ0) is 34.1. The van der Waals surface area contributed by atoms with Crippen LogP contribution in [-0.2, 0) is 27.9 Å². The van der Waals surface area contributed by atoms with E-state index in [9.17, 15) is 14.7 Å². The van der Waals surface area contributed by atoms with Gasteiger partial charge in [-0.1, -0.05) is 44.5 Å². The molecule has 4 bridgehead atoms. The molecule has 1 unspecified atom stereocenters. The minimum absolute atomic E-state index is 0.0122. The van der Waals surface area contributed by atoms with Crippen molar-refractivity contribution in [2.45, 2.75) is 64.8 Å². The monoisotopic (exact) mass is 656 g/mol. The summed E-state index contributed by atoms with van der Waals surface area (Å²) in [7, 11) is 0. The van der Waals surface area contributed by atoms with Crippen LogP contribution >= 0.6 is 0 Å². The van der Waals surface area contributed by atoms with E-state index in [0.717, 1.165) is 29.7 Å². The summed E-state index contributed by atoms with van der Waals surface area (Å²) in [6.07, 6.45) is 5.26. The molecular weight excluding hydrogens is 618 g/mol. The van der Waals surface area contributed by atoms with Crippen molar-refractivity contribution in [2.75, 3.05) is 6.61 Å². The van der Waals surface area contributed by atoms with Crippen LogP contribution in [0.25, 0.3) is 22.3 Å². The standard InChI is InChI=1S/C37H38F2N4O5/c1-36(2)13-5-14-37(3,23-7-4-6-22(16-23)8-11-32(44)45)31-20-41-34(43-31)26-17-24(9-10-28(26)38)48-33-27(19-42-35(46)47-21-36)25-12-15-40-30(25)18-29(33)39/h4,6-7,9-10,12,15-18,20,40H,5,8,11,13-14,19,21H2,1-3H3,(H,41,43)(H,42,46)(H,44,45). The van der Waals surface area contributed by atoms with Crippen LogP contribution in [0.15, 0.2) is 67.0 Å². The molecule has 11 heteroatoms. The second-order valence-electron chi connectivity index (χ2n) is 13.4. The Hall–Kier alpha value is -5.19. The first-order chi connectivity index (χ1) is 22.9. The highest BCUT2D eigenvalue weighted by Gasteiger charge is 2.33. The average Bonchev–Trinajstić information content (AvgIpc) is 3.74. The predicted octanol–water partition coefficient (Wildman–Crippen LogP) is 8.39. The number of nitrogens with zero attached hydrogens (tertiary/aromatic N) is 1.